The van der Waals surface area contributed by atoms with Crippen LogP contribution in [0, 0.1) is 5.41 Å². The first-order chi connectivity index (χ1) is 7.40. The third kappa shape index (κ3) is 6.56. The molecule has 0 amide bonds. The van der Waals surface area contributed by atoms with Gasteiger partial charge in [0.05, 0.1) is 18.6 Å². The average Bonchev–Trinajstić information content (AvgIpc) is 2.22. The van der Waals surface area contributed by atoms with Crippen molar-refractivity contribution >= 4 is 11.8 Å². The Morgan fingerprint density at radius 1 is 1.12 bits per heavy atom. The van der Waals surface area contributed by atoms with Gasteiger partial charge in [0.2, 0.25) is 0 Å². The number of carbonyl (C=O) groups is 2. The second kappa shape index (κ2) is 7.39. The van der Waals surface area contributed by atoms with Crippen LogP contribution in [0.25, 0.3) is 0 Å². The van der Waals surface area contributed by atoms with E-state index in [0.717, 1.165) is 6.42 Å². The monoisotopic (exact) mass is 230 g/mol. The molecule has 0 aromatic heterocycles. The first-order valence-electron chi connectivity index (χ1n) is 5.64. The first kappa shape index (κ1) is 15.1. The van der Waals surface area contributed by atoms with E-state index in [4.69, 9.17) is 9.47 Å². The van der Waals surface area contributed by atoms with E-state index in [1.807, 2.05) is 20.8 Å². The molecular weight excluding hydrogens is 208 g/mol. The topological polar surface area (TPSA) is 52.6 Å². The van der Waals surface area contributed by atoms with Gasteiger partial charge in [-0.05, 0) is 27.2 Å². The average molecular weight is 230 g/mol. The molecule has 0 N–H and O–H groups in total. The Labute approximate surface area is 97.3 Å². The summed E-state index contributed by atoms with van der Waals surface area (Å²) in [6.07, 6.45) is 1.16. The van der Waals surface area contributed by atoms with Crippen LogP contribution in [0.15, 0.2) is 0 Å². The molecule has 0 heterocycles. The Kier molecular flexibility index (Phi) is 6.97. The fraction of sp³-hybridized carbons (Fsp3) is 0.833. The zero-order valence-corrected chi connectivity index (χ0v) is 10.7. The lowest BCUT2D eigenvalue weighted by Gasteiger charge is -2.20. The minimum absolute atomic E-state index is 0.101. The molecule has 0 rings (SSSR count). The van der Waals surface area contributed by atoms with Crippen molar-refractivity contribution < 1.29 is 19.1 Å². The maximum Gasteiger partial charge on any atom is 0.311 e. The van der Waals surface area contributed by atoms with Gasteiger partial charge in [0, 0.05) is 6.42 Å². The Balaban J connectivity index is 3.52. The van der Waals surface area contributed by atoms with E-state index in [9.17, 15) is 9.59 Å². The number of hydrogen-bond acceptors (Lipinski definition) is 4. The molecule has 94 valence electrons. The molecule has 4 heteroatoms. The molecule has 16 heavy (non-hydrogen) atoms. The number of Topliss-reactive ketones (excluding diaryl/α,β-unsaturated/α-hetero) is 1. The minimum Gasteiger partial charge on any atom is -0.463 e. The van der Waals surface area contributed by atoms with Gasteiger partial charge in [-0.1, -0.05) is 6.92 Å². The lowest BCUT2D eigenvalue weighted by atomic mass is 9.91. The molecular formula is C12H22O4. The van der Waals surface area contributed by atoms with Gasteiger partial charge in [0.15, 0.2) is 0 Å². The third-order valence-electron chi connectivity index (χ3n) is 2.50. The lowest BCUT2D eigenvalue weighted by molar-refractivity contribution is -0.155. The van der Waals surface area contributed by atoms with Crippen molar-refractivity contribution in [3.63, 3.8) is 0 Å². The van der Waals surface area contributed by atoms with Crippen LogP contribution in [0.3, 0.4) is 0 Å². The van der Waals surface area contributed by atoms with E-state index in [1.54, 1.807) is 0 Å². The summed E-state index contributed by atoms with van der Waals surface area (Å²) in [6, 6.07) is 0. The van der Waals surface area contributed by atoms with Gasteiger partial charge in [-0.15, -0.1) is 0 Å². The first-order valence-corrected chi connectivity index (χ1v) is 5.64. The minimum atomic E-state index is -0.431. The normalized spacial score (nSPS) is 11.2. The standard InChI is InChI=1S/C12H22O4/c1-5-12(3,4)11(14)16-9-8-15-7-6-10(2)13/h5-9H2,1-4H3. The highest BCUT2D eigenvalue weighted by molar-refractivity contribution is 5.76. The quantitative estimate of drug-likeness (QED) is 0.472. The third-order valence-corrected chi connectivity index (χ3v) is 2.50. The van der Waals surface area contributed by atoms with Crippen LogP contribution in [0.4, 0.5) is 0 Å². The van der Waals surface area contributed by atoms with E-state index in [0.29, 0.717) is 19.6 Å². The highest BCUT2D eigenvalue weighted by atomic mass is 16.6. The van der Waals surface area contributed by atoms with Crippen LogP contribution in [-0.4, -0.2) is 31.6 Å². The van der Waals surface area contributed by atoms with E-state index in [2.05, 4.69) is 0 Å². The Hall–Kier alpha value is -0.900. The van der Waals surface area contributed by atoms with E-state index < -0.39 is 5.41 Å². The second-order valence-electron chi connectivity index (χ2n) is 4.44. The summed E-state index contributed by atoms with van der Waals surface area (Å²) >= 11 is 0. The molecule has 0 fully saturated rings. The highest BCUT2D eigenvalue weighted by Crippen LogP contribution is 2.21. The molecule has 0 aromatic carbocycles. The Morgan fingerprint density at radius 2 is 1.75 bits per heavy atom. The van der Waals surface area contributed by atoms with E-state index in [1.165, 1.54) is 6.92 Å². The van der Waals surface area contributed by atoms with Gasteiger partial charge in [0.1, 0.15) is 12.4 Å². The number of ether oxygens (including phenoxy) is 2. The molecule has 0 radical (unpaired) electrons. The van der Waals surface area contributed by atoms with Crippen LogP contribution in [0.2, 0.25) is 0 Å². The molecule has 0 saturated carbocycles. The lowest BCUT2D eigenvalue weighted by Crippen LogP contribution is -2.27. The molecule has 0 spiro atoms. The van der Waals surface area contributed by atoms with Crippen LogP contribution in [0.5, 0.6) is 0 Å². The Morgan fingerprint density at radius 3 is 2.25 bits per heavy atom. The summed E-state index contributed by atoms with van der Waals surface area (Å²) in [4.78, 5) is 22.1. The van der Waals surface area contributed by atoms with Crippen LogP contribution in [0.1, 0.15) is 40.5 Å². The zero-order valence-electron chi connectivity index (χ0n) is 10.7. The highest BCUT2D eigenvalue weighted by Gasteiger charge is 2.26. The number of hydrogen-bond donors (Lipinski definition) is 0. The van der Waals surface area contributed by atoms with Gasteiger partial charge >= 0.3 is 5.97 Å². The maximum absolute atomic E-state index is 11.5. The van der Waals surface area contributed by atoms with Crippen molar-refractivity contribution in [1.29, 1.82) is 0 Å². The van der Waals surface area contributed by atoms with Crippen molar-refractivity contribution in [2.24, 2.45) is 5.41 Å². The number of carbonyl (C=O) groups excluding carboxylic acids is 2. The maximum atomic E-state index is 11.5. The van der Waals surface area contributed by atoms with Crippen LogP contribution in [-0.2, 0) is 19.1 Å². The van der Waals surface area contributed by atoms with Gasteiger partial charge in [-0.25, -0.2) is 0 Å². The summed E-state index contributed by atoms with van der Waals surface area (Å²) in [5.74, 6) is -0.103. The predicted octanol–water partition coefficient (Wildman–Crippen LogP) is 1.96. The number of esters is 1. The number of rotatable bonds is 8. The van der Waals surface area contributed by atoms with Crippen molar-refractivity contribution in [1.82, 2.24) is 0 Å². The summed E-state index contributed by atoms with van der Waals surface area (Å²) in [7, 11) is 0. The molecule has 4 nitrogen and oxygen atoms in total. The largest absolute Gasteiger partial charge is 0.463 e. The molecule has 0 bridgehead atoms. The fourth-order valence-electron chi connectivity index (χ4n) is 0.851. The molecule has 0 aromatic rings. The Bertz CT molecular complexity index is 233. The number of ketones is 1. The van der Waals surface area contributed by atoms with E-state index in [-0.39, 0.29) is 18.4 Å². The smallest absolute Gasteiger partial charge is 0.311 e. The van der Waals surface area contributed by atoms with Crippen LogP contribution >= 0.6 is 0 Å². The van der Waals surface area contributed by atoms with Crippen molar-refractivity contribution in [3.8, 4) is 0 Å². The predicted molar refractivity (Wildman–Crippen MR) is 61.1 cm³/mol. The van der Waals surface area contributed by atoms with Crippen molar-refractivity contribution in [3.05, 3.63) is 0 Å². The van der Waals surface area contributed by atoms with Crippen molar-refractivity contribution in [2.75, 3.05) is 19.8 Å². The molecule has 0 saturated heterocycles. The van der Waals surface area contributed by atoms with Crippen molar-refractivity contribution in [2.45, 2.75) is 40.5 Å². The summed E-state index contributed by atoms with van der Waals surface area (Å²) < 4.78 is 10.2. The molecule has 0 unspecified atom stereocenters. The summed E-state index contributed by atoms with van der Waals surface area (Å²) in [5, 5.41) is 0. The SMILES string of the molecule is CCC(C)(C)C(=O)OCCOCCC(C)=O. The molecule has 0 aliphatic carbocycles. The molecule has 0 aliphatic rings. The van der Waals surface area contributed by atoms with Gasteiger partial charge in [-0.2, -0.15) is 0 Å². The van der Waals surface area contributed by atoms with Gasteiger partial charge < -0.3 is 9.47 Å². The zero-order chi connectivity index (χ0) is 12.6. The summed E-state index contributed by atoms with van der Waals surface area (Å²) in [5.41, 5.74) is -0.431. The van der Waals surface area contributed by atoms with Gasteiger partial charge in [-0.3, -0.25) is 9.59 Å². The van der Waals surface area contributed by atoms with Crippen LogP contribution < -0.4 is 0 Å². The fourth-order valence-corrected chi connectivity index (χ4v) is 0.851. The van der Waals surface area contributed by atoms with E-state index >= 15 is 0 Å². The molecule has 0 aliphatic heterocycles. The van der Waals surface area contributed by atoms with Gasteiger partial charge in [0.25, 0.3) is 0 Å². The summed E-state index contributed by atoms with van der Waals surface area (Å²) in [6.45, 7) is 8.17. The second-order valence-corrected chi connectivity index (χ2v) is 4.44. The molecule has 0 atom stereocenters.